The maximum absolute atomic E-state index is 12.7. The van der Waals surface area contributed by atoms with Crippen LogP contribution in [0.2, 0.25) is 0 Å². The average molecular weight is 330 g/mol. The number of carbonyl (C=O) groups is 1. The number of aliphatic hydroxyl groups excluding tert-OH is 1. The Balaban J connectivity index is 1.71. The molecule has 5 nitrogen and oxygen atoms in total. The van der Waals surface area contributed by atoms with Gasteiger partial charge in [0.15, 0.2) is 5.76 Å². The van der Waals surface area contributed by atoms with E-state index in [-0.39, 0.29) is 18.6 Å². The van der Waals surface area contributed by atoms with Gasteiger partial charge in [-0.15, -0.1) is 0 Å². The molecule has 5 heteroatoms. The molecule has 0 spiro atoms. The highest BCUT2D eigenvalue weighted by molar-refractivity contribution is 5.96. The average Bonchev–Trinajstić information content (AvgIpc) is 2.99. The maximum atomic E-state index is 12.7. The van der Waals surface area contributed by atoms with Gasteiger partial charge in [0.1, 0.15) is 5.58 Å². The Kier molecular flexibility index (Phi) is 4.92. The minimum absolute atomic E-state index is 0.0433. The summed E-state index contributed by atoms with van der Waals surface area (Å²) in [4.78, 5) is 16.8. The number of amides is 1. The molecule has 0 radical (unpaired) electrons. The first-order valence-electron chi connectivity index (χ1n) is 8.68. The molecule has 3 rings (SSSR count). The van der Waals surface area contributed by atoms with Gasteiger partial charge in [0.2, 0.25) is 0 Å². The fourth-order valence-electron chi connectivity index (χ4n) is 3.36. The first-order valence-corrected chi connectivity index (χ1v) is 8.68. The smallest absolute Gasteiger partial charge is 0.289 e. The summed E-state index contributed by atoms with van der Waals surface area (Å²) in [5.41, 5.74) is 3.14. The fourth-order valence-corrected chi connectivity index (χ4v) is 3.36. The number of nitrogens with zero attached hydrogens (tertiary/aromatic N) is 2. The van der Waals surface area contributed by atoms with E-state index < -0.39 is 0 Å². The molecular weight excluding hydrogens is 304 g/mol. The lowest BCUT2D eigenvalue weighted by molar-refractivity contribution is 0.0451. The number of aliphatic hydroxyl groups is 1. The van der Waals surface area contributed by atoms with Crippen LogP contribution >= 0.6 is 0 Å². The second-order valence-corrected chi connectivity index (χ2v) is 6.66. The van der Waals surface area contributed by atoms with E-state index in [1.165, 1.54) is 11.1 Å². The van der Waals surface area contributed by atoms with Crippen molar-refractivity contribution < 1.29 is 14.3 Å². The lowest BCUT2D eigenvalue weighted by Gasteiger charge is -2.38. The third-order valence-corrected chi connectivity index (χ3v) is 5.14. The van der Waals surface area contributed by atoms with Crippen LogP contribution in [0.4, 0.5) is 0 Å². The van der Waals surface area contributed by atoms with Crippen molar-refractivity contribution in [1.29, 1.82) is 0 Å². The van der Waals surface area contributed by atoms with Crippen LogP contribution in [0.15, 0.2) is 22.6 Å². The normalized spacial score (nSPS) is 17.4. The summed E-state index contributed by atoms with van der Waals surface area (Å²) in [5, 5.41) is 10.4. The fraction of sp³-hybridized carbons (Fsp3) is 0.526. The van der Waals surface area contributed by atoms with E-state index in [2.05, 4.69) is 24.8 Å². The van der Waals surface area contributed by atoms with Crippen molar-refractivity contribution in [3.05, 3.63) is 35.1 Å². The molecule has 1 aromatic heterocycles. The standard InChI is InChI=1S/C19H26N2O3/c1-4-16(12-22)20-5-7-21(8-6-20)19(23)18-11-15-9-13(2)14(3)10-17(15)24-18/h9-11,16,22H,4-8,12H2,1-3H3. The predicted octanol–water partition coefficient (Wildman–Crippen LogP) is 2.58. The SMILES string of the molecule is CCC(CO)N1CCN(C(=O)c2cc3cc(C)c(C)cc3o2)CC1. The van der Waals surface area contributed by atoms with Crippen molar-refractivity contribution in [2.24, 2.45) is 0 Å². The Hall–Kier alpha value is -1.85. The molecule has 1 aliphatic rings. The Morgan fingerprint density at radius 1 is 1.17 bits per heavy atom. The third kappa shape index (κ3) is 3.19. The summed E-state index contributed by atoms with van der Waals surface area (Å²) in [6.45, 7) is 9.29. The lowest BCUT2D eigenvalue weighted by Crippen LogP contribution is -2.52. The highest BCUT2D eigenvalue weighted by Crippen LogP contribution is 2.24. The quantitative estimate of drug-likeness (QED) is 0.936. The predicted molar refractivity (Wildman–Crippen MR) is 94.3 cm³/mol. The van der Waals surface area contributed by atoms with E-state index in [9.17, 15) is 9.90 Å². The number of furan rings is 1. The van der Waals surface area contributed by atoms with Crippen LogP contribution in [0, 0.1) is 13.8 Å². The highest BCUT2D eigenvalue weighted by atomic mass is 16.3. The summed E-state index contributed by atoms with van der Waals surface area (Å²) < 4.78 is 5.79. The van der Waals surface area contributed by atoms with Crippen LogP contribution in [-0.2, 0) is 0 Å². The minimum atomic E-state index is -0.0433. The van der Waals surface area contributed by atoms with Gasteiger partial charge in [0.25, 0.3) is 5.91 Å². The van der Waals surface area contributed by atoms with Crippen LogP contribution in [0.5, 0.6) is 0 Å². The molecule has 1 atom stereocenters. The number of rotatable bonds is 4. The number of hydrogen-bond donors (Lipinski definition) is 1. The Labute approximate surface area is 142 Å². The van der Waals surface area contributed by atoms with Gasteiger partial charge in [-0.05, 0) is 49.6 Å². The Morgan fingerprint density at radius 3 is 2.46 bits per heavy atom. The van der Waals surface area contributed by atoms with Crippen molar-refractivity contribution in [1.82, 2.24) is 9.80 Å². The van der Waals surface area contributed by atoms with E-state index >= 15 is 0 Å². The Morgan fingerprint density at radius 2 is 1.83 bits per heavy atom. The third-order valence-electron chi connectivity index (χ3n) is 5.14. The molecule has 1 aliphatic heterocycles. The summed E-state index contributed by atoms with van der Waals surface area (Å²) in [6.07, 6.45) is 0.923. The highest BCUT2D eigenvalue weighted by Gasteiger charge is 2.27. The van der Waals surface area contributed by atoms with Crippen molar-refractivity contribution in [3.8, 4) is 0 Å². The molecule has 0 aliphatic carbocycles. The zero-order chi connectivity index (χ0) is 17.3. The number of benzene rings is 1. The van der Waals surface area contributed by atoms with Gasteiger partial charge < -0.3 is 14.4 Å². The van der Waals surface area contributed by atoms with Crippen molar-refractivity contribution >= 4 is 16.9 Å². The molecule has 2 heterocycles. The molecule has 1 aromatic carbocycles. The molecule has 1 amide bonds. The first kappa shape index (κ1) is 17.0. The lowest BCUT2D eigenvalue weighted by atomic mass is 10.1. The van der Waals surface area contributed by atoms with Crippen molar-refractivity contribution in [2.45, 2.75) is 33.2 Å². The van der Waals surface area contributed by atoms with Gasteiger partial charge in [-0.1, -0.05) is 6.92 Å². The number of fused-ring (bicyclic) bond motifs is 1. The molecule has 1 fully saturated rings. The number of piperazine rings is 1. The van der Waals surface area contributed by atoms with Crippen LogP contribution in [0.3, 0.4) is 0 Å². The summed E-state index contributed by atoms with van der Waals surface area (Å²) >= 11 is 0. The molecular formula is C19H26N2O3. The first-order chi connectivity index (χ1) is 11.5. The molecule has 130 valence electrons. The summed E-state index contributed by atoms with van der Waals surface area (Å²) in [6, 6.07) is 6.10. The van der Waals surface area contributed by atoms with Crippen molar-refractivity contribution in [2.75, 3.05) is 32.8 Å². The minimum Gasteiger partial charge on any atom is -0.451 e. The molecule has 24 heavy (non-hydrogen) atoms. The molecule has 1 saturated heterocycles. The number of aryl methyl sites for hydroxylation is 2. The zero-order valence-electron chi connectivity index (χ0n) is 14.7. The maximum Gasteiger partial charge on any atom is 0.289 e. The molecule has 1 unspecified atom stereocenters. The van der Waals surface area contributed by atoms with Crippen LogP contribution in [-0.4, -0.2) is 59.6 Å². The summed E-state index contributed by atoms with van der Waals surface area (Å²) in [7, 11) is 0. The van der Waals surface area contributed by atoms with Gasteiger partial charge in [-0.2, -0.15) is 0 Å². The van der Waals surface area contributed by atoms with Crippen molar-refractivity contribution in [3.63, 3.8) is 0 Å². The summed E-state index contributed by atoms with van der Waals surface area (Å²) in [5.74, 6) is 0.371. The van der Waals surface area contributed by atoms with Crippen LogP contribution in [0.25, 0.3) is 11.0 Å². The number of carbonyl (C=O) groups excluding carboxylic acids is 1. The van der Waals surface area contributed by atoms with E-state index in [4.69, 9.17) is 4.42 Å². The Bertz CT molecular complexity index is 687. The topological polar surface area (TPSA) is 56.9 Å². The number of hydrogen-bond acceptors (Lipinski definition) is 4. The van der Waals surface area contributed by atoms with E-state index in [1.54, 1.807) is 0 Å². The van der Waals surface area contributed by atoms with Crippen LogP contribution in [0.1, 0.15) is 35.0 Å². The van der Waals surface area contributed by atoms with Gasteiger partial charge in [-0.25, -0.2) is 0 Å². The second-order valence-electron chi connectivity index (χ2n) is 6.66. The molecule has 2 aromatic rings. The molecule has 1 N–H and O–H groups in total. The van der Waals surface area contributed by atoms with Gasteiger partial charge in [0.05, 0.1) is 6.61 Å². The monoisotopic (exact) mass is 330 g/mol. The largest absolute Gasteiger partial charge is 0.451 e. The van der Waals surface area contributed by atoms with E-state index in [1.807, 2.05) is 24.0 Å². The zero-order valence-corrected chi connectivity index (χ0v) is 14.7. The molecule has 0 bridgehead atoms. The van der Waals surface area contributed by atoms with Gasteiger partial charge in [-0.3, -0.25) is 9.69 Å². The van der Waals surface area contributed by atoms with Gasteiger partial charge in [0, 0.05) is 37.6 Å². The second kappa shape index (κ2) is 6.95. The van der Waals surface area contributed by atoms with Crippen LogP contribution < -0.4 is 0 Å². The van der Waals surface area contributed by atoms with E-state index in [0.29, 0.717) is 18.8 Å². The van der Waals surface area contributed by atoms with Gasteiger partial charge >= 0.3 is 0 Å². The van der Waals surface area contributed by atoms with E-state index in [0.717, 1.165) is 30.5 Å². The molecule has 0 saturated carbocycles.